The van der Waals surface area contributed by atoms with Crippen LogP contribution < -0.4 is 0 Å². The summed E-state index contributed by atoms with van der Waals surface area (Å²) in [6, 6.07) is 4.47. The summed E-state index contributed by atoms with van der Waals surface area (Å²) in [6.07, 6.45) is -0.143. The third kappa shape index (κ3) is 3.30. The fourth-order valence-corrected chi connectivity index (χ4v) is 2.30. The Labute approximate surface area is 115 Å². The Bertz CT molecular complexity index is 540. The van der Waals surface area contributed by atoms with Gasteiger partial charge in [0.1, 0.15) is 5.82 Å². The van der Waals surface area contributed by atoms with Crippen molar-refractivity contribution in [2.45, 2.75) is 31.1 Å². The lowest BCUT2D eigenvalue weighted by Crippen LogP contribution is -2.44. The van der Waals surface area contributed by atoms with Crippen molar-refractivity contribution in [3.8, 4) is 0 Å². The molecule has 0 bridgehead atoms. The van der Waals surface area contributed by atoms with Gasteiger partial charge in [0.05, 0.1) is 10.9 Å². The molecule has 1 N–H and O–H groups in total. The molecular formula is C12H16BrFO3S. The molecule has 1 atom stereocenters. The van der Waals surface area contributed by atoms with Gasteiger partial charge in [-0.05, 0) is 31.5 Å². The molecule has 3 nitrogen and oxygen atoms in total. The van der Waals surface area contributed by atoms with Gasteiger partial charge >= 0.3 is 0 Å². The van der Waals surface area contributed by atoms with Crippen LogP contribution in [0.4, 0.5) is 4.39 Å². The lowest BCUT2D eigenvalue weighted by molar-refractivity contribution is 0.137. The van der Waals surface area contributed by atoms with E-state index in [0.29, 0.717) is 10.0 Å². The lowest BCUT2D eigenvalue weighted by Gasteiger charge is -2.28. The average molecular weight is 339 g/mol. The first-order valence-corrected chi connectivity index (χ1v) is 8.05. The van der Waals surface area contributed by atoms with E-state index in [2.05, 4.69) is 15.9 Å². The maximum absolute atomic E-state index is 13.6. The minimum Gasteiger partial charge on any atom is -0.391 e. The van der Waals surface area contributed by atoms with Crippen molar-refractivity contribution in [1.29, 1.82) is 0 Å². The van der Waals surface area contributed by atoms with Gasteiger partial charge in [-0.2, -0.15) is 0 Å². The number of rotatable bonds is 4. The Hall–Kier alpha value is -0.460. The van der Waals surface area contributed by atoms with Gasteiger partial charge in [0.2, 0.25) is 0 Å². The van der Waals surface area contributed by atoms with Crippen LogP contribution in [0, 0.1) is 5.82 Å². The lowest BCUT2D eigenvalue weighted by atomic mass is 9.98. The molecule has 18 heavy (non-hydrogen) atoms. The third-order valence-corrected chi connectivity index (χ3v) is 5.86. The summed E-state index contributed by atoms with van der Waals surface area (Å²) in [5.41, 5.74) is 0.294. The van der Waals surface area contributed by atoms with Crippen molar-refractivity contribution in [2.24, 2.45) is 0 Å². The van der Waals surface area contributed by atoms with Crippen molar-refractivity contribution in [1.82, 2.24) is 0 Å². The molecule has 1 unspecified atom stereocenters. The van der Waals surface area contributed by atoms with E-state index < -0.39 is 26.5 Å². The van der Waals surface area contributed by atoms with E-state index in [1.807, 2.05) is 0 Å². The van der Waals surface area contributed by atoms with E-state index >= 15 is 0 Å². The molecule has 0 spiro atoms. The zero-order valence-electron chi connectivity index (χ0n) is 10.4. The summed E-state index contributed by atoms with van der Waals surface area (Å²) < 4.78 is 36.0. The van der Waals surface area contributed by atoms with Crippen LogP contribution in [-0.4, -0.2) is 30.6 Å². The monoisotopic (exact) mass is 338 g/mol. The van der Waals surface area contributed by atoms with Crippen molar-refractivity contribution >= 4 is 25.8 Å². The first-order chi connectivity index (χ1) is 8.05. The third-order valence-electron chi connectivity index (χ3n) is 3.19. The van der Waals surface area contributed by atoms with Crippen molar-refractivity contribution in [2.75, 3.05) is 6.26 Å². The summed E-state index contributed by atoms with van der Waals surface area (Å²) in [5, 5.41) is 10.0. The van der Waals surface area contributed by atoms with Crippen LogP contribution in [-0.2, 0) is 16.3 Å². The summed E-state index contributed by atoms with van der Waals surface area (Å²) in [7, 11) is -3.42. The van der Waals surface area contributed by atoms with Crippen LogP contribution >= 0.6 is 15.9 Å². The van der Waals surface area contributed by atoms with Gasteiger partial charge < -0.3 is 5.11 Å². The molecule has 102 valence electrons. The Kier molecular flexibility index (Phi) is 4.56. The van der Waals surface area contributed by atoms with Crippen LogP contribution in [0.25, 0.3) is 0 Å². The molecular weight excluding hydrogens is 323 g/mol. The van der Waals surface area contributed by atoms with E-state index in [1.54, 1.807) is 6.07 Å². The Morgan fingerprint density at radius 1 is 1.44 bits per heavy atom. The molecule has 0 saturated heterocycles. The van der Waals surface area contributed by atoms with Gasteiger partial charge in [-0.1, -0.05) is 22.0 Å². The minimum absolute atomic E-state index is 0.0425. The molecule has 0 amide bonds. The fraction of sp³-hybridized carbons (Fsp3) is 0.500. The van der Waals surface area contributed by atoms with E-state index in [9.17, 15) is 17.9 Å². The van der Waals surface area contributed by atoms with Gasteiger partial charge in [-0.15, -0.1) is 0 Å². The summed E-state index contributed by atoms with van der Waals surface area (Å²) >= 11 is 3.14. The highest BCUT2D eigenvalue weighted by molar-refractivity contribution is 9.10. The molecule has 1 aromatic rings. The standard InChI is InChI=1S/C12H16BrFO3S/c1-12(2,18(3,16)17)11(15)6-8-4-5-9(13)7-10(8)14/h4-5,7,11,15H,6H2,1-3H3. The molecule has 6 heteroatoms. The number of halogens is 2. The van der Waals surface area contributed by atoms with E-state index in [-0.39, 0.29) is 6.42 Å². The van der Waals surface area contributed by atoms with E-state index in [4.69, 9.17) is 0 Å². The minimum atomic E-state index is -3.42. The number of hydrogen-bond acceptors (Lipinski definition) is 3. The maximum Gasteiger partial charge on any atom is 0.155 e. The van der Waals surface area contributed by atoms with Crippen LogP contribution in [0.5, 0.6) is 0 Å². The van der Waals surface area contributed by atoms with Crippen LogP contribution in [0.15, 0.2) is 22.7 Å². The number of aliphatic hydroxyl groups is 1. The van der Waals surface area contributed by atoms with Crippen molar-refractivity contribution < 1.29 is 17.9 Å². The van der Waals surface area contributed by atoms with Crippen LogP contribution in [0.1, 0.15) is 19.4 Å². The van der Waals surface area contributed by atoms with E-state index in [0.717, 1.165) is 6.26 Å². The normalized spacial score (nSPS) is 14.6. The first kappa shape index (κ1) is 15.6. The molecule has 1 rings (SSSR count). The molecule has 0 heterocycles. The van der Waals surface area contributed by atoms with Crippen molar-refractivity contribution in [3.63, 3.8) is 0 Å². The second-order valence-corrected chi connectivity index (χ2v) is 8.34. The van der Waals surface area contributed by atoms with Gasteiger partial charge in [0.25, 0.3) is 0 Å². The summed E-state index contributed by atoms with van der Waals surface area (Å²) in [4.78, 5) is 0. The smallest absolute Gasteiger partial charge is 0.155 e. The zero-order chi connectivity index (χ0) is 14.1. The van der Waals surface area contributed by atoms with E-state index in [1.165, 1.54) is 26.0 Å². The molecule has 0 saturated carbocycles. The number of benzene rings is 1. The topological polar surface area (TPSA) is 54.4 Å². The highest BCUT2D eigenvalue weighted by Crippen LogP contribution is 2.25. The van der Waals surface area contributed by atoms with Crippen molar-refractivity contribution in [3.05, 3.63) is 34.1 Å². The first-order valence-electron chi connectivity index (χ1n) is 5.37. The molecule has 0 radical (unpaired) electrons. The Morgan fingerprint density at radius 2 is 2.00 bits per heavy atom. The highest BCUT2D eigenvalue weighted by atomic mass is 79.9. The average Bonchev–Trinajstić information content (AvgIpc) is 2.20. The van der Waals surface area contributed by atoms with Gasteiger partial charge in [-0.3, -0.25) is 0 Å². The van der Waals surface area contributed by atoms with Crippen LogP contribution in [0.2, 0.25) is 0 Å². The number of aliphatic hydroxyl groups excluding tert-OH is 1. The Balaban J connectivity index is 2.98. The molecule has 0 fully saturated rings. The zero-order valence-corrected chi connectivity index (χ0v) is 12.8. The molecule has 0 aromatic heterocycles. The van der Waals surface area contributed by atoms with Gasteiger partial charge in [0, 0.05) is 17.1 Å². The molecule has 0 aliphatic heterocycles. The summed E-state index contributed by atoms with van der Waals surface area (Å²) in [6.45, 7) is 2.87. The van der Waals surface area contributed by atoms with Crippen LogP contribution in [0.3, 0.4) is 0 Å². The van der Waals surface area contributed by atoms with Gasteiger partial charge in [0.15, 0.2) is 9.84 Å². The Morgan fingerprint density at radius 3 is 2.44 bits per heavy atom. The predicted molar refractivity (Wildman–Crippen MR) is 72.7 cm³/mol. The quantitative estimate of drug-likeness (QED) is 0.916. The second kappa shape index (κ2) is 5.27. The maximum atomic E-state index is 13.6. The number of sulfone groups is 1. The largest absolute Gasteiger partial charge is 0.391 e. The number of hydrogen-bond donors (Lipinski definition) is 1. The summed E-state index contributed by atoms with van der Waals surface area (Å²) in [5.74, 6) is -0.465. The highest BCUT2D eigenvalue weighted by Gasteiger charge is 2.38. The molecule has 1 aromatic carbocycles. The van der Waals surface area contributed by atoms with Gasteiger partial charge in [-0.25, -0.2) is 12.8 Å². The SMILES string of the molecule is CC(C)(C(O)Cc1ccc(Br)cc1F)S(C)(=O)=O. The predicted octanol–water partition coefficient (Wildman–Crippen LogP) is 2.31. The fourth-order valence-electron chi connectivity index (χ4n) is 1.39. The molecule has 0 aliphatic carbocycles. The second-order valence-electron chi connectivity index (χ2n) is 4.83. The molecule has 0 aliphatic rings.